The summed E-state index contributed by atoms with van der Waals surface area (Å²) in [5.41, 5.74) is 2.25. The molecule has 0 saturated carbocycles. The summed E-state index contributed by atoms with van der Waals surface area (Å²) < 4.78 is 5.75. The van der Waals surface area contributed by atoms with E-state index in [1.165, 1.54) is 0 Å². The molecule has 1 heterocycles. The Kier molecular flexibility index (Phi) is 4.78. The number of para-hydroxylation sites is 1. The molecule has 2 aromatic rings. The number of pyridine rings is 1. The Hall–Kier alpha value is -1.57. The first kappa shape index (κ1) is 13.9. The molecule has 0 aliphatic heterocycles. The van der Waals surface area contributed by atoms with E-state index in [4.69, 9.17) is 21.6 Å². The van der Waals surface area contributed by atoms with Crippen LogP contribution in [0.25, 0.3) is 0 Å². The third kappa shape index (κ3) is 3.46. The Labute approximate surface area is 124 Å². The minimum Gasteiger partial charge on any atom is -0.487 e. The number of nitriles is 1. The fourth-order valence-corrected chi connectivity index (χ4v) is 2.29. The molecular formula is C14H10BrClN2O. The van der Waals surface area contributed by atoms with E-state index in [9.17, 15) is 0 Å². The summed E-state index contributed by atoms with van der Waals surface area (Å²) in [6, 6.07) is 11.1. The molecule has 96 valence electrons. The standard InChI is InChI=1S/C14H10BrClN2O/c15-7-11-2-1-3-13(16)14(11)19-9-10-4-5-18-12(6-10)8-17/h1-6H,7,9H2. The Morgan fingerprint density at radius 3 is 2.95 bits per heavy atom. The molecule has 0 unspecified atom stereocenters. The summed E-state index contributed by atoms with van der Waals surface area (Å²) in [7, 11) is 0. The van der Waals surface area contributed by atoms with Gasteiger partial charge < -0.3 is 4.74 Å². The number of halogens is 2. The van der Waals surface area contributed by atoms with E-state index in [-0.39, 0.29) is 0 Å². The van der Waals surface area contributed by atoms with Crippen LogP contribution in [0.5, 0.6) is 5.75 Å². The van der Waals surface area contributed by atoms with Crippen LogP contribution >= 0.6 is 27.5 Å². The van der Waals surface area contributed by atoms with Gasteiger partial charge in [0.25, 0.3) is 0 Å². The molecule has 0 spiro atoms. The van der Waals surface area contributed by atoms with Crippen LogP contribution in [0.4, 0.5) is 0 Å². The van der Waals surface area contributed by atoms with Gasteiger partial charge in [0, 0.05) is 17.1 Å². The van der Waals surface area contributed by atoms with Gasteiger partial charge in [-0.25, -0.2) is 4.98 Å². The molecule has 0 radical (unpaired) electrons. The van der Waals surface area contributed by atoms with Gasteiger partial charge in [-0.2, -0.15) is 5.26 Å². The summed E-state index contributed by atoms with van der Waals surface area (Å²) in [5.74, 6) is 0.663. The lowest BCUT2D eigenvalue weighted by Gasteiger charge is -2.11. The fourth-order valence-electron chi connectivity index (χ4n) is 1.60. The molecule has 2 rings (SSSR count). The zero-order valence-corrected chi connectivity index (χ0v) is 12.3. The van der Waals surface area contributed by atoms with E-state index >= 15 is 0 Å². The maximum Gasteiger partial charge on any atom is 0.142 e. The van der Waals surface area contributed by atoms with Crippen molar-refractivity contribution in [2.75, 3.05) is 0 Å². The first-order chi connectivity index (χ1) is 9.24. The highest BCUT2D eigenvalue weighted by molar-refractivity contribution is 9.08. The number of rotatable bonds is 4. The van der Waals surface area contributed by atoms with E-state index in [0.29, 0.717) is 28.4 Å². The molecule has 3 nitrogen and oxygen atoms in total. The Morgan fingerprint density at radius 2 is 2.21 bits per heavy atom. The van der Waals surface area contributed by atoms with Gasteiger partial charge >= 0.3 is 0 Å². The number of ether oxygens (including phenoxy) is 1. The third-order valence-electron chi connectivity index (χ3n) is 2.51. The van der Waals surface area contributed by atoms with Gasteiger partial charge in [-0.3, -0.25) is 0 Å². The van der Waals surface area contributed by atoms with Crippen LogP contribution in [0.15, 0.2) is 36.5 Å². The minimum atomic E-state index is 0.348. The van der Waals surface area contributed by atoms with Crippen LogP contribution < -0.4 is 4.74 Å². The van der Waals surface area contributed by atoms with Crippen LogP contribution in [0.1, 0.15) is 16.8 Å². The lowest BCUT2D eigenvalue weighted by atomic mass is 10.2. The van der Waals surface area contributed by atoms with Crippen LogP contribution in [-0.4, -0.2) is 4.98 Å². The molecule has 0 bridgehead atoms. The maximum absolute atomic E-state index is 8.79. The molecule has 1 aromatic carbocycles. The van der Waals surface area contributed by atoms with Gasteiger partial charge in [-0.1, -0.05) is 39.7 Å². The first-order valence-electron chi connectivity index (χ1n) is 5.55. The van der Waals surface area contributed by atoms with Crippen molar-refractivity contribution in [3.63, 3.8) is 0 Å². The van der Waals surface area contributed by atoms with Crippen LogP contribution in [-0.2, 0) is 11.9 Å². The van der Waals surface area contributed by atoms with Crippen molar-refractivity contribution in [1.82, 2.24) is 4.98 Å². The Morgan fingerprint density at radius 1 is 1.37 bits per heavy atom. The second-order valence-electron chi connectivity index (χ2n) is 3.81. The van der Waals surface area contributed by atoms with Crippen molar-refractivity contribution >= 4 is 27.5 Å². The quantitative estimate of drug-likeness (QED) is 0.790. The van der Waals surface area contributed by atoms with Gasteiger partial charge in [0.05, 0.1) is 5.02 Å². The second-order valence-corrected chi connectivity index (χ2v) is 4.78. The highest BCUT2D eigenvalue weighted by atomic mass is 79.9. The molecule has 19 heavy (non-hydrogen) atoms. The third-order valence-corrected chi connectivity index (χ3v) is 3.42. The average Bonchev–Trinajstić information content (AvgIpc) is 2.46. The number of benzene rings is 1. The average molecular weight is 338 g/mol. The number of hydrogen-bond donors (Lipinski definition) is 0. The number of hydrogen-bond acceptors (Lipinski definition) is 3. The predicted molar refractivity (Wildman–Crippen MR) is 77.4 cm³/mol. The molecule has 0 N–H and O–H groups in total. The lowest BCUT2D eigenvalue weighted by molar-refractivity contribution is 0.304. The van der Waals surface area contributed by atoms with E-state index in [0.717, 1.165) is 11.1 Å². The van der Waals surface area contributed by atoms with Gasteiger partial charge in [0.15, 0.2) is 0 Å². The Bertz CT molecular complexity index is 625. The van der Waals surface area contributed by atoms with Crippen molar-refractivity contribution in [1.29, 1.82) is 5.26 Å². The highest BCUT2D eigenvalue weighted by Crippen LogP contribution is 2.30. The zero-order valence-electron chi connectivity index (χ0n) is 9.94. The zero-order chi connectivity index (χ0) is 13.7. The van der Waals surface area contributed by atoms with Crippen LogP contribution in [0.2, 0.25) is 5.02 Å². The normalized spacial score (nSPS) is 9.95. The topological polar surface area (TPSA) is 45.9 Å². The molecular weight excluding hydrogens is 328 g/mol. The van der Waals surface area contributed by atoms with Crippen molar-refractivity contribution in [2.45, 2.75) is 11.9 Å². The predicted octanol–water partition coefficient (Wildman–Crippen LogP) is 4.08. The SMILES string of the molecule is N#Cc1cc(COc2c(Cl)cccc2CBr)ccn1. The molecule has 0 amide bonds. The molecule has 5 heteroatoms. The molecule has 0 atom stereocenters. The summed E-state index contributed by atoms with van der Waals surface area (Å²) in [4.78, 5) is 3.91. The smallest absolute Gasteiger partial charge is 0.142 e. The van der Waals surface area contributed by atoms with Crippen molar-refractivity contribution in [3.8, 4) is 11.8 Å². The molecule has 0 fully saturated rings. The summed E-state index contributed by atoms with van der Waals surface area (Å²) in [6.07, 6.45) is 1.59. The van der Waals surface area contributed by atoms with Crippen molar-refractivity contribution in [2.24, 2.45) is 0 Å². The van der Waals surface area contributed by atoms with E-state index in [1.54, 1.807) is 18.3 Å². The van der Waals surface area contributed by atoms with E-state index in [1.807, 2.05) is 24.3 Å². The minimum absolute atomic E-state index is 0.348. The molecule has 0 aliphatic rings. The van der Waals surface area contributed by atoms with Crippen LogP contribution in [0, 0.1) is 11.3 Å². The van der Waals surface area contributed by atoms with Gasteiger partial charge in [-0.05, 0) is 23.8 Å². The summed E-state index contributed by atoms with van der Waals surface area (Å²) >= 11 is 9.52. The number of nitrogens with zero attached hydrogens (tertiary/aromatic N) is 2. The van der Waals surface area contributed by atoms with Crippen molar-refractivity contribution in [3.05, 3.63) is 58.4 Å². The van der Waals surface area contributed by atoms with Gasteiger partial charge in [-0.15, -0.1) is 0 Å². The first-order valence-corrected chi connectivity index (χ1v) is 7.05. The molecule has 1 aromatic heterocycles. The fraction of sp³-hybridized carbons (Fsp3) is 0.143. The summed E-state index contributed by atoms with van der Waals surface area (Å²) in [6.45, 7) is 0.348. The highest BCUT2D eigenvalue weighted by Gasteiger charge is 2.08. The Balaban J connectivity index is 2.17. The van der Waals surface area contributed by atoms with E-state index < -0.39 is 0 Å². The lowest BCUT2D eigenvalue weighted by Crippen LogP contribution is -1.99. The van der Waals surface area contributed by atoms with Crippen molar-refractivity contribution < 1.29 is 4.74 Å². The van der Waals surface area contributed by atoms with Gasteiger partial charge in [0.2, 0.25) is 0 Å². The molecule has 0 aliphatic carbocycles. The number of alkyl halides is 1. The largest absolute Gasteiger partial charge is 0.487 e. The van der Waals surface area contributed by atoms with Crippen LogP contribution in [0.3, 0.4) is 0 Å². The maximum atomic E-state index is 8.79. The molecule has 0 saturated heterocycles. The number of aromatic nitrogens is 1. The summed E-state index contributed by atoms with van der Waals surface area (Å²) in [5, 5.41) is 10.0. The monoisotopic (exact) mass is 336 g/mol. The van der Waals surface area contributed by atoms with Gasteiger partial charge in [0.1, 0.15) is 24.1 Å². The van der Waals surface area contributed by atoms with E-state index in [2.05, 4.69) is 20.9 Å². The second kappa shape index (κ2) is 6.55.